The van der Waals surface area contributed by atoms with E-state index in [1.54, 1.807) is 49.4 Å². The molecule has 3 aromatic carbocycles. The van der Waals surface area contributed by atoms with Crippen molar-refractivity contribution in [2.24, 2.45) is 4.99 Å². The minimum Gasteiger partial charge on any atom is -0.504 e. The minimum absolute atomic E-state index is 0.212. The first-order valence-corrected chi connectivity index (χ1v) is 9.43. The van der Waals surface area contributed by atoms with Crippen molar-refractivity contribution < 1.29 is 24.1 Å². The van der Waals surface area contributed by atoms with E-state index in [-0.39, 0.29) is 5.56 Å². The summed E-state index contributed by atoms with van der Waals surface area (Å²) >= 11 is 0. The maximum Gasteiger partial charge on any atom is 0.165 e. The van der Waals surface area contributed by atoms with Crippen molar-refractivity contribution in [1.82, 2.24) is 0 Å². The van der Waals surface area contributed by atoms with Crippen molar-refractivity contribution in [2.45, 2.75) is 18.6 Å². The van der Waals surface area contributed by atoms with Crippen molar-refractivity contribution in [1.29, 1.82) is 0 Å². The molecule has 6 heteroatoms. The fraction of sp³-hybridized carbons (Fsp3) is 0.208. The van der Waals surface area contributed by atoms with Crippen LogP contribution >= 0.6 is 0 Å². The lowest BCUT2D eigenvalue weighted by Gasteiger charge is -2.35. The maximum absolute atomic E-state index is 13.7. The molecule has 0 aromatic heterocycles. The van der Waals surface area contributed by atoms with Crippen LogP contribution < -0.4 is 9.47 Å². The summed E-state index contributed by atoms with van der Waals surface area (Å²) < 4.78 is 24.7. The molecule has 0 saturated heterocycles. The number of para-hydroxylation sites is 3. The second kappa shape index (κ2) is 8.97. The quantitative estimate of drug-likeness (QED) is 0.571. The largest absolute Gasteiger partial charge is 0.504 e. The number of phenolic OH excluding ortho intramolecular Hbond substituents is 1. The number of ether oxygens (including phenoxy) is 2. The highest BCUT2D eigenvalue weighted by molar-refractivity contribution is 5.83. The normalized spacial score (nSPS) is 12.7. The van der Waals surface area contributed by atoms with Gasteiger partial charge in [0.25, 0.3) is 0 Å². The number of nitrogens with zero attached hydrogens (tertiary/aromatic N) is 1. The van der Waals surface area contributed by atoms with E-state index in [2.05, 4.69) is 4.99 Å². The van der Waals surface area contributed by atoms with Gasteiger partial charge in [0, 0.05) is 22.9 Å². The first kappa shape index (κ1) is 21.3. The summed E-state index contributed by atoms with van der Waals surface area (Å²) in [6.07, 6.45) is 1.35. The second-order valence-electron chi connectivity index (χ2n) is 6.80. The van der Waals surface area contributed by atoms with Crippen LogP contribution in [0, 0.1) is 5.82 Å². The molecule has 1 unspecified atom stereocenters. The van der Waals surface area contributed by atoms with Gasteiger partial charge in [0.1, 0.15) is 17.1 Å². The minimum atomic E-state index is -1.63. The van der Waals surface area contributed by atoms with Crippen molar-refractivity contribution >= 4 is 6.21 Å². The van der Waals surface area contributed by atoms with Crippen LogP contribution in [0.25, 0.3) is 0 Å². The van der Waals surface area contributed by atoms with Crippen molar-refractivity contribution in [3.63, 3.8) is 0 Å². The Morgan fingerprint density at radius 1 is 0.900 bits per heavy atom. The number of methoxy groups -OCH3 is 2. The molecule has 30 heavy (non-hydrogen) atoms. The van der Waals surface area contributed by atoms with E-state index < -0.39 is 23.2 Å². The summed E-state index contributed by atoms with van der Waals surface area (Å²) in [5, 5.41) is 22.0. The number of rotatable bonds is 7. The van der Waals surface area contributed by atoms with Crippen molar-refractivity contribution in [3.05, 3.63) is 89.2 Å². The van der Waals surface area contributed by atoms with Crippen LogP contribution in [0.4, 0.5) is 4.39 Å². The van der Waals surface area contributed by atoms with Gasteiger partial charge in [0.2, 0.25) is 0 Å². The number of hydrogen-bond acceptors (Lipinski definition) is 5. The van der Waals surface area contributed by atoms with Gasteiger partial charge in [-0.2, -0.15) is 0 Å². The molecule has 0 aliphatic heterocycles. The number of halogens is 1. The molecule has 0 fully saturated rings. The molecule has 0 amide bonds. The summed E-state index contributed by atoms with van der Waals surface area (Å²) in [6.45, 7) is 1.73. The van der Waals surface area contributed by atoms with E-state index in [1.807, 2.05) is 12.1 Å². The van der Waals surface area contributed by atoms with Gasteiger partial charge in [-0.3, -0.25) is 4.99 Å². The molecule has 5 nitrogen and oxygen atoms in total. The zero-order valence-electron chi connectivity index (χ0n) is 17.0. The lowest BCUT2D eigenvalue weighted by Crippen LogP contribution is -2.38. The summed E-state index contributed by atoms with van der Waals surface area (Å²) in [5.74, 6) is -0.258. The third-order valence-corrected chi connectivity index (χ3v) is 5.10. The first-order chi connectivity index (χ1) is 14.4. The number of phenols is 1. The van der Waals surface area contributed by atoms with Crippen LogP contribution in [0.3, 0.4) is 0 Å². The Bertz CT molecular complexity index is 1000. The van der Waals surface area contributed by atoms with Gasteiger partial charge < -0.3 is 19.7 Å². The second-order valence-corrected chi connectivity index (χ2v) is 6.80. The van der Waals surface area contributed by atoms with Crippen molar-refractivity contribution in [2.75, 3.05) is 14.2 Å². The van der Waals surface area contributed by atoms with Gasteiger partial charge in [-0.05, 0) is 31.2 Å². The third kappa shape index (κ3) is 3.86. The zero-order chi connectivity index (χ0) is 21.7. The van der Waals surface area contributed by atoms with Gasteiger partial charge in [-0.15, -0.1) is 0 Å². The van der Waals surface area contributed by atoms with Crippen LogP contribution in [-0.2, 0) is 5.60 Å². The van der Waals surface area contributed by atoms with Crippen LogP contribution in [0.15, 0.2) is 71.7 Å². The predicted octanol–water partition coefficient (Wildman–Crippen LogP) is 4.29. The molecule has 0 spiro atoms. The Morgan fingerprint density at radius 2 is 1.43 bits per heavy atom. The highest BCUT2D eigenvalue weighted by atomic mass is 19.1. The van der Waals surface area contributed by atoms with Gasteiger partial charge in [0.05, 0.1) is 20.3 Å². The molecule has 0 aliphatic carbocycles. The molecule has 0 aliphatic rings. The number of aromatic hydroxyl groups is 1. The smallest absolute Gasteiger partial charge is 0.165 e. The fourth-order valence-corrected chi connectivity index (χ4v) is 3.45. The van der Waals surface area contributed by atoms with Crippen LogP contribution in [0.2, 0.25) is 0 Å². The van der Waals surface area contributed by atoms with E-state index in [0.717, 1.165) is 6.07 Å². The van der Waals surface area contributed by atoms with E-state index in [1.165, 1.54) is 26.5 Å². The lowest BCUT2D eigenvalue weighted by atomic mass is 9.80. The van der Waals surface area contributed by atoms with Crippen LogP contribution in [0.5, 0.6) is 17.2 Å². The van der Waals surface area contributed by atoms with E-state index >= 15 is 0 Å². The molecule has 156 valence electrons. The predicted molar refractivity (Wildman–Crippen MR) is 114 cm³/mol. The summed E-state index contributed by atoms with van der Waals surface area (Å²) in [5.41, 5.74) is -0.405. The van der Waals surface area contributed by atoms with Crippen LogP contribution in [-0.4, -0.2) is 36.7 Å². The zero-order valence-corrected chi connectivity index (χ0v) is 17.0. The summed E-state index contributed by atoms with van der Waals surface area (Å²) in [6, 6.07) is 17.7. The average molecular weight is 409 g/mol. The number of benzene rings is 3. The Morgan fingerprint density at radius 3 is 1.97 bits per heavy atom. The monoisotopic (exact) mass is 409 g/mol. The summed E-state index contributed by atoms with van der Waals surface area (Å²) in [4.78, 5) is 4.46. The molecule has 0 radical (unpaired) electrons. The molecule has 0 saturated carbocycles. The van der Waals surface area contributed by atoms with Crippen molar-refractivity contribution in [3.8, 4) is 17.2 Å². The average Bonchev–Trinajstić information content (AvgIpc) is 2.79. The van der Waals surface area contributed by atoms with Gasteiger partial charge in [-0.25, -0.2) is 4.39 Å². The summed E-state index contributed by atoms with van der Waals surface area (Å²) in [7, 11) is 3.06. The van der Waals surface area contributed by atoms with Crippen LogP contribution in [0.1, 0.15) is 23.6 Å². The number of aliphatic imine (C=N–C) groups is 1. The van der Waals surface area contributed by atoms with E-state index in [9.17, 15) is 14.6 Å². The molecule has 2 N–H and O–H groups in total. The highest BCUT2D eigenvalue weighted by Gasteiger charge is 2.42. The fourth-order valence-electron chi connectivity index (χ4n) is 3.45. The Hall–Kier alpha value is -3.38. The molecule has 3 rings (SSSR count). The lowest BCUT2D eigenvalue weighted by molar-refractivity contribution is 0.0538. The van der Waals surface area contributed by atoms with E-state index in [4.69, 9.17) is 9.47 Å². The Kier molecular flexibility index (Phi) is 6.37. The topological polar surface area (TPSA) is 71.3 Å². The molecule has 0 bridgehead atoms. The highest BCUT2D eigenvalue weighted by Crippen LogP contribution is 2.43. The SMILES string of the molecule is COc1ccccc1C(O)(c1ccccc1OC)C(C)N=Cc1cccc(F)c1O. The molecular formula is C24H24FNO4. The standard InChI is InChI=1S/C24H24FNO4/c1-16(26-15-17-9-8-12-20(25)23(17)27)24(28,18-10-4-6-13-21(18)29-2)19-11-5-7-14-22(19)30-3/h4-16,27-28H,1-3H3. The number of aliphatic hydroxyl groups is 1. The number of hydrogen-bond donors (Lipinski definition) is 2. The van der Waals surface area contributed by atoms with Gasteiger partial charge in [-0.1, -0.05) is 42.5 Å². The molecule has 3 aromatic rings. The molecule has 1 atom stereocenters. The third-order valence-electron chi connectivity index (χ3n) is 5.10. The van der Waals surface area contributed by atoms with Gasteiger partial charge >= 0.3 is 0 Å². The first-order valence-electron chi connectivity index (χ1n) is 9.43. The Labute approximate surface area is 175 Å². The molecule has 0 heterocycles. The van der Waals surface area contributed by atoms with Gasteiger partial charge in [0.15, 0.2) is 11.6 Å². The maximum atomic E-state index is 13.7. The Balaban J connectivity index is 2.16. The van der Waals surface area contributed by atoms with E-state index in [0.29, 0.717) is 22.6 Å². The molecular weight excluding hydrogens is 385 g/mol.